The second-order valence-corrected chi connectivity index (χ2v) is 12.2. The standard InChI is InChI=1S/C38H28N4/c1-3-10-24(11-4-1)36-40-35-29(19-21-39-37(35)41(36)27-13-5-2-6-14-27)25-12-9-15-28(22-25)42-32-18-17-26-23-30(26)33(32)34-31-16-7-8-20-38(31,34)42/h1-22,26,30-31,34H,23H2. The molecule has 4 aliphatic carbocycles. The van der Waals surface area contributed by atoms with Crippen LogP contribution in [0.25, 0.3) is 39.4 Å². The molecule has 4 nitrogen and oxygen atoms in total. The molecule has 5 unspecified atom stereocenters. The lowest BCUT2D eigenvalue weighted by molar-refractivity contribution is 0.737. The Morgan fingerprint density at radius 3 is 2.48 bits per heavy atom. The van der Waals surface area contributed by atoms with Gasteiger partial charge in [-0.2, -0.15) is 0 Å². The number of hydrogen-bond donors (Lipinski definition) is 0. The van der Waals surface area contributed by atoms with Gasteiger partial charge in [0.2, 0.25) is 0 Å². The number of pyridine rings is 1. The minimum Gasteiger partial charge on any atom is -0.331 e. The van der Waals surface area contributed by atoms with Gasteiger partial charge in [-0.1, -0.05) is 91.0 Å². The van der Waals surface area contributed by atoms with E-state index in [0.717, 1.165) is 51.2 Å². The minimum absolute atomic E-state index is 0.0444. The molecule has 1 spiro atoms. The summed E-state index contributed by atoms with van der Waals surface area (Å²) in [6.07, 6.45) is 17.5. The zero-order valence-corrected chi connectivity index (χ0v) is 23.0. The molecule has 3 aromatic carbocycles. The van der Waals surface area contributed by atoms with Gasteiger partial charge in [0.15, 0.2) is 5.65 Å². The maximum atomic E-state index is 5.28. The minimum atomic E-state index is 0.0444. The first-order valence-corrected chi connectivity index (χ1v) is 15.0. The summed E-state index contributed by atoms with van der Waals surface area (Å²) in [6.45, 7) is 0. The Hall–Kier alpha value is -4.96. The SMILES string of the molecule is C1=CC2C3C4=C(C=CC5CC45)N(c4cccc(-c5ccnc6c5nc(-c5ccccc5)n6-c5ccccc5)c4)C23C=C1. The van der Waals surface area contributed by atoms with Crippen molar-refractivity contribution in [1.29, 1.82) is 0 Å². The van der Waals surface area contributed by atoms with E-state index in [1.807, 2.05) is 18.3 Å². The third-order valence-corrected chi connectivity index (χ3v) is 10.1. The van der Waals surface area contributed by atoms with Gasteiger partial charge in [0.05, 0.1) is 5.54 Å². The fraction of sp³-hybridized carbons (Fsp3) is 0.158. The largest absolute Gasteiger partial charge is 0.331 e. The summed E-state index contributed by atoms with van der Waals surface area (Å²) in [6, 6.07) is 32.0. The molecular weight excluding hydrogens is 512 g/mol. The molecule has 200 valence electrons. The van der Waals surface area contributed by atoms with Crippen molar-refractivity contribution < 1.29 is 0 Å². The summed E-state index contributed by atoms with van der Waals surface area (Å²) < 4.78 is 2.19. The lowest BCUT2D eigenvalue weighted by Crippen LogP contribution is -2.35. The zero-order chi connectivity index (χ0) is 27.4. The van der Waals surface area contributed by atoms with E-state index < -0.39 is 0 Å². The Labute approximate surface area is 244 Å². The van der Waals surface area contributed by atoms with Crippen LogP contribution in [-0.4, -0.2) is 20.1 Å². The second kappa shape index (κ2) is 8.07. The Morgan fingerprint density at radius 2 is 1.60 bits per heavy atom. The number of benzene rings is 3. The van der Waals surface area contributed by atoms with E-state index in [9.17, 15) is 0 Å². The van der Waals surface area contributed by atoms with E-state index in [-0.39, 0.29) is 5.54 Å². The molecule has 10 rings (SSSR count). The predicted octanol–water partition coefficient (Wildman–Crippen LogP) is 8.15. The van der Waals surface area contributed by atoms with Crippen molar-refractivity contribution >= 4 is 16.9 Å². The molecular formula is C38H28N4. The number of aromatic nitrogens is 3. The van der Waals surface area contributed by atoms with Gasteiger partial charge in [-0.25, -0.2) is 9.97 Å². The molecule has 5 aliphatic rings. The van der Waals surface area contributed by atoms with Crippen molar-refractivity contribution in [3.8, 4) is 28.2 Å². The van der Waals surface area contributed by atoms with Crippen LogP contribution in [0.5, 0.6) is 0 Å². The lowest BCUT2D eigenvalue weighted by Gasteiger charge is -2.33. The van der Waals surface area contributed by atoms with E-state index in [4.69, 9.17) is 9.97 Å². The fourth-order valence-electron chi connectivity index (χ4n) is 8.17. The molecule has 0 saturated heterocycles. The molecule has 2 fully saturated rings. The molecule has 0 radical (unpaired) electrons. The number of para-hydroxylation sites is 1. The van der Waals surface area contributed by atoms with Crippen LogP contribution in [0.2, 0.25) is 0 Å². The molecule has 2 saturated carbocycles. The molecule has 1 aliphatic heterocycles. The van der Waals surface area contributed by atoms with Crippen LogP contribution >= 0.6 is 0 Å². The number of rotatable bonds is 4. The number of allylic oxidation sites excluding steroid dienone is 4. The highest BCUT2D eigenvalue weighted by atomic mass is 15.3. The van der Waals surface area contributed by atoms with Gasteiger partial charge in [0.1, 0.15) is 11.3 Å². The van der Waals surface area contributed by atoms with Crippen molar-refractivity contribution in [2.75, 3.05) is 4.90 Å². The Balaban J connectivity index is 1.15. The van der Waals surface area contributed by atoms with Crippen LogP contribution in [0, 0.1) is 23.7 Å². The number of hydrogen-bond acceptors (Lipinski definition) is 3. The summed E-state index contributed by atoms with van der Waals surface area (Å²) in [5, 5.41) is 0. The van der Waals surface area contributed by atoms with E-state index >= 15 is 0 Å². The van der Waals surface area contributed by atoms with E-state index in [0.29, 0.717) is 11.8 Å². The lowest BCUT2D eigenvalue weighted by atomic mass is 9.96. The second-order valence-electron chi connectivity index (χ2n) is 12.2. The van der Waals surface area contributed by atoms with Gasteiger partial charge in [-0.15, -0.1) is 0 Å². The third-order valence-electron chi connectivity index (χ3n) is 10.1. The first-order valence-electron chi connectivity index (χ1n) is 15.0. The van der Waals surface area contributed by atoms with Gasteiger partial charge in [0, 0.05) is 46.2 Å². The molecule has 2 aromatic heterocycles. The van der Waals surface area contributed by atoms with Gasteiger partial charge in [0.25, 0.3) is 0 Å². The van der Waals surface area contributed by atoms with Gasteiger partial charge in [-0.3, -0.25) is 4.57 Å². The quantitative estimate of drug-likeness (QED) is 0.231. The highest BCUT2D eigenvalue weighted by Crippen LogP contribution is 2.73. The first-order chi connectivity index (χ1) is 20.8. The summed E-state index contributed by atoms with van der Waals surface area (Å²) in [4.78, 5) is 12.8. The van der Waals surface area contributed by atoms with Crippen molar-refractivity contribution in [3.05, 3.63) is 145 Å². The highest BCUT2D eigenvalue weighted by Gasteiger charge is 2.74. The Kier molecular flexibility index (Phi) is 4.36. The normalized spacial score (nSPS) is 27.6. The van der Waals surface area contributed by atoms with Crippen molar-refractivity contribution in [1.82, 2.24) is 14.5 Å². The maximum Gasteiger partial charge on any atom is 0.165 e. The van der Waals surface area contributed by atoms with Crippen molar-refractivity contribution in [2.45, 2.75) is 12.0 Å². The molecule has 4 heteroatoms. The molecule has 0 bridgehead atoms. The molecule has 5 aromatic rings. The molecule has 0 N–H and O–H groups in total. The van der Waals surface area contributed by atoms with Gasteiger partial charge >= 0.3 is 0 Å². The van der Waals surface area contributed by atoms with E-state index in [1.54, 1.807) is 5.57 Å². The van der Waals surface area contributed by atoms with Crippen LogP contribution in [0.3, 0.4) is 0 Å². The summed E-state index contributed by atoms with van der Waals surface area (Å²) in [5.74, 6) is 3.57. The predicted molar refractivity (Wildman–Crippen MR) is 168 cm³/mol. The summed E-state index contributed by atoms with van der Waals surface area (Å²) in [5.41, 5.74) is 10.6. The number of anilines is 1. The number of imidazole rings is 1. The van der Waals surface area contributed by atoms with Gasteiger partial charge < -0.3 is 4.90 Å². The Bertz CT molecular complexity index is 2050. The fourth-order valence-corrected chi connectivity index (χ4v) is 8.17. The first kappa shape index (κ1) is 22.7. The number of nitrogens with zero attached hydrogens (tertiary/aromatic N) is 4. The topological polar surface area (TPSA) is 34.0 Å². The van der Waals surface area contributed by atoms with E-state index in [2.05, 4.69) is 125 Å². The zero-order valence-electron chi connectivity index (χ0n) is 23.0. The Morgan fingerprint density at radius 1 is 0.786 bits per heavy atom. The average molecular weight is 541 g/mol. The van der Waals surface area contributed by atoms with Crippen molar-refractivity contribution in [2.24, 2.45) is 23.7 Å². The average Bonchev–Trinajstić information content (AvgIpc) is 3.91. The molecule has 0 amide bonds. The van der Waals surface area contributed by atoms with Crippen LogP contribution in [0.4, 0.5) is 5.69 Å². The van der Waals surface area contributed by atoms with Crippen LogP contribution in [0.1, 0.15) is 6.42 Å². The van der Waals surface area contributed by atoms with Gasteiger partial charge in [-0.05, 0) is 65.8 Å². The third kappa shape index (κ3) is 2.91. The molecule has 3 heterocycles. The monoisotopic (exact) mass is 540 g/mol. The highest BCUT2D eigenvalue weighted by molar-refractivity contribution is 5.94. The summed E-state index contributed by atoms with van der Waals surface area (Å²) in [7, 11) is 0. The van der Waals surface area contributed by atoms with Crippen molar-refractivity contribution in [3.63, 3.8) is 0 Å². The number of fused-ring (bicyclic) bond motifs is 5. The van der Waals surface area contributed by atoms with Crippen LogP contribution < -0.4 is 4.90 Å². The van der Waals surface area contributed by atoms with Crippen LogP contribution in [-0.2, 0) is 0 Å². The smallest absolute Gasteiger partial charge is 0.165 e. The van der Waals surface area contributed by atoms with Crippen LogP contribution in [0.15, 0.2) is 145 Å². The summed E-state index contributed by atoms with van der Waals surface area (Å²) >= 11 is 0. The molecule has 42 heavy (non-hydrogen) atoms. The maximum absolute atomic E-state index is 5.28. The molecule has 5 atom stereocenters. The van der Waals surface area contributed by atoms with E-state index in [1.165, 1.54) is 17.8 Å².